The highest BCUT2D eigenvalue weighted by molar-refractivity contribution is 9.10. The van der Waals surface area contributed by atoms with Crippen LogP contribution in [-0.4, -0.2) is 29.0 Å². The standard InChI is InChI=1S/C12H15BrN2OS/c1-17-12(9-14)4-6-15(7-5-12)8-10-2-3-11(13)16-10/h2-3H,4-8H2,1H3. The second kappa shape index (κ2) is 5.47. The molecule has 92 valence electrons. The average molecular weight is 315 g/mol. The zero-order valence-electron chi connectivity index (χ0n) is 9.78. The van der Waals surface area contributed by atoms with E-state index in [0.29, 0.717) is 0 Å². The van der Waals surface area contributed by atoms with Crippen LogP contribution < -0.4 is 0 Å². The van der Waals surface area contributed by atoms with E-state index < -0.39 is 0 Å². The molecule has 2 heterocycles. The summed E-state index contributed by atoms with van der Waals surface area (Å²) in [7, 11) is 0. The van der Waals surface area contributed by atoms with Gasteiger partial charge in [0, 0.05) is 13.1 Å². The first-order valence-corrected chi connectivity index (χ1v) is 7.62. The fraction of sp³-hybridized carbons (Fsp3) is 0.583. The molecule has 0 saturated carbocycles. The third kappa shape index (κ3) is 3.06. The molecule has 1 aliphatic heterocycles. The Labute approximate surface area is 114 Å². The SMILES string of the molecule is CSC1(C#N)CCN(Cc2ccc(Br)o2)CC1. The second-order valence-electron chi connectivity index (χ2n) is 4.29. The van der Waals surface area contributed by atoms with E-state index in [1.165, 1.54) is 0 Å². The molecule has 0 N–H and O–H groups in total. The molecule has 1 saturated heterocycles. The summed E-state index contributed by atoms with van der Waals surface area (Å²) in [6, 6.07) is 6.37. The van der Waals surface area contributed by atoms with Gasteiger partial charge in [-0.2, -0.15) is 5.26 Å². The van der Waals surface area contributed by atoms with Crippen molar-refractivity contribution in [3.05, 3.63) is 22.6 Å². The fourth-order valence-electron chi connectivity index (χ4n) is 2.09. The molecule has 1 fully saturated rings. The summed E-state index contributed by atoms with van der Waals surface area (Å²) in [5.74, 6) is 0.977. The lowest BCUT2D eigenvalue weighted by atomic mass is 9.97. The quantitative estimate of drug-likeness (QED) is 0.858. The van der Waals surface area contributed by atoms with Crippen molar-refractivity contribution in [3.8, 4) is 6.07 Å². The van der Waals surface area contributed by atoms with E-state index in [-0.39, 0.29) is 4.75 Å². The Hall–Kier alpha value is -0.440. The predicted octanol–water partition coefficient (Wildman–Crippen LogP) is 3.26. The molecule has 0 aromatic carbocycles. The minimum atomic E-state index is -0.166. The van der Waals surface area contributed by atoms with E-state index in [4.69, 9.17) is 4.42 Å². The number of piperidine rings is 1. The van der Waals surface area contributed by atoms with Crippen LogP contribution in [0.3, 0.4) is 0 Å². The van der Waals surface area contributed by atoms with Gasteiger partial charge in [-0.1, -0.05) is 0 Å². The molecule has 1 aliphatic rings. The highest BCUT2D eigenvalue weighted by atomic mass is 79.9. The van der Waals surface area contributed by atoms with E-state index >= 15 is 0 Å². The molecule has 0 aliphatic carbocycles. The minimum absolute atomic E-state index is 0.166. The first kappa shape index (κ1) is 13.0. The van der Waals surface area contributed by atoms with Gasteiger partial charge in [-0.25, -0.2) is 0 Å². The summed E-state index contributed by atoms with van der Waals surface area (Å²) in [5, 5.41) is 9.21. The van der Waals surface area contributed by atoms with E-state index in [9.17, 15) is 5.26 Å². The van der Waals surface area contributed by atoms with Gasteiger partial charge in [-0.15, -0.1) is 11.8 Å². The molecule has 0 bridgehead atoms. The van der Waals surface area contributed by atoms with Crippen LogP contribution in [0.15, 0.2) is 21.2 Å². The maximum atomic E-state index is 9.21. The predicted molar refractivity (Wildman–Crippen MR) is 72.8 cm³/mol. The van der Waals surface area contributed by atoms with Crippen LogP contribution in [0.25, 0.3) is 0 Å². The van der Waals surface area contributed by atoms with Crippen LogP contribution in [0.4, 0.5) is 0 Å². The van der Waals surface area contributed by atoms with Gasteiger partial charge in [0.15, 0.2) is 4.67 Å². The van der Waals surface area contributed by atoms with E-state index in [2.05, 4.69) is 26.9 Å². The van der Waals surface area contributed by atoms with E-state index in [1.807, 2.05) is 18.4 Å². The summed E-state index contributed by atoms with van der Waals surface area (Å²) in [6.07, 6.45) is 3.90. The number of hydrogen-bond donors (Lipinski definition) is 0. The molecule has 0 radical (unpaired) electrons. The van der Waals surface area contributed by atoms with Crippen molar-refractivity contribution in [2.45, 2.75) is 24.1 Å². The van der Waals surface area contributed by atoms with Crippen LogP contribution in [0.1, 0.15) is 18.6 Å². The van der Waals surface area contributed by atoms with Gasteiger partial charge in [0.2, 0.25) is 0 Å². The topological polar surface area (TPSA) is 40.2 Å². The lowest BCUT2D eigenvalue weighted by molar-refractivity contribution is 0.194. The monoisotopic (exact) mass is 314 g/mol. The van der Waals surface area contributed by atoms with Crippen molar-refractivity contribution < 1.29 is 4.42 Å². The van der Waals surface area contributed by atoms with E-state index in [1.54, 1.807) is 11.8 Å². The Bertz CT molecular complexity index is 418. The van der Waals surface area contributed by atoms with Crippen molar-refractivity contribution in [2.24, 2.45) is 0 Å². The zero-order valence-corrected chi connectivity index (χ0v) is 12.2. The van der Waals surface area contributed by atoms with Crippen LogP contribution in [-0.2, 0) is 6.54 Å². The number of rotatable bonds is 3. The number of halogens is 1. The maximum absolute atomic E-state index is 9.21. The highest BCUT2D eigenvalue weighted by Gasteiger charge is 2.33. The van der Waals surface area contributed by atoms with Gasteiger partial charge in [-0.05, 0) is 47.2 Å². The normalized spacial score (nSPS) is 20.1. The molecular formula is C12H15BrN2OS. The van der Waals surface area contributed by atoms with Crippen molar-refractivity contribution in [1.29, 1.82) is 5.26 Å². The van der Waals surface area contributed by atoms with Gasteiger partial charge in [0.1, 0.15) is 10.5 Å². The molecule has 0 amide bonds. The largest absolute Gasteiger partial charge is 0.453 e. The smallest absolute Gasteiger partial charge is 0.169 e. The lowest BCUT2D eigenvalue weighted by Crippen LogP contribution is -2.41. The second-order valence-corrected chi connectivity index (χ2v) is 6.26. The third-order valence-corrected chi connectivity index (χ3v) is 4.97. The average Bonchev–Trinajstić information content (AvgIpc) is 2.76. The first-order chi connectivity index (χ1) is 8.17. The highest BCUT2D eigenvalue weighted by Crippen LogP contribution is 2.34. The van der Waals surface area contributed by atoms with E-state index in [0.717, 1.165) is 42.9 Å². The number of thioether (sulfide) groups is 1. The van der Waals surface area contributed by atoms with Gasteiger partial charge >= 0.3 is 0 Å². The van der Waals surface area contributed by atoms with Gasteiger partial charge < -0.3 is 4.42 Å². The minimum Gasteiger partial charge on any atom is -0.453 e. The Morgan fingerprint density at radius 2 is 2.24 bits per heavy atom. The summed E-state index contributed by atoms with van der Waals surface area (Å²) in [5.41, 5.74) is 0. The van der Waals surface area contributed by atoms with Gasteiger partial charge in [0.05, 0.1) is 12.6 Å². The van der Waals surface area contributed by atoms with Gasteiger partial charge in [0.25, 0.3) is 0 Å². The molecule has 1 aromatic heterocycles. The molecule has 2 rings (SSSR count). The fourth-order valence-corrected chi connectivity index (χ4v) is 3.11. The Morgan fingerprint density at radius 3 is 2.71 bits per heavy atom. The maximum Gasteiger partial charge on any atom is 0.169 e. The van der Waals surface area contributed by atoms with Crippen molar-refractivity contribution in [1.82, 2.24) is 4.90 Å². The van der Waals surface area contributed by atoms with Crippen molar-refractivity contribution in [2.75, 3.05) is 19.3 Å². The third-order valence-electron chi connectivity index (χ3n) is 3.27. The zero-order chi connectivity index (χ0) is 12.3. The molecule has 3 nitrogen and oxygen atoms in total. The summed E-state index contributed by atoms with van der Waals surface area (Å²) in [6.45, 7) is 2.76. The first-order valence-electron chi connectivity index (χ1n) is 5.60. The van der Waals surface area contributed by atoms with Crippen LogP contribution in [0, 0.1) is 11.3 Å². The number of likely N-dealkylation sites (tertiary alicyclic amines) is 1. The Kier molecular flexibility index (Phi) is 4.18. The number of nitriles is 1. The molecule has 0 spiro atoms. The molecular weight excluding hydrogens is 300 g/mol. The van der Waals surface area contributed by atoms with Crippen LogP contribution >= 0.6 is 27.7 Å². The number of hydrogen-bond acceptors (Lipinski definition) is 4. The molecule has 5 heteroatoms. The molecule has 0 unspecified atom stereocenters. The molecule has 1 aromatic rings. The Morgan fingerprint density at radius 1 is 1.53 bits per heavy atom. The van der Waals surface area contributed by atoms with Crippen LogP contribution in [0.5, 0.6) is 0 Å². The lowest BCUT2D eigenvalue weighted by Gasteiger charge is -2.35. The van der Waals surface area contributed by atoms with Gasteiger partial charge in [-0.3, -0.25) is 4.90 Å². The summed E-state index contributed by atoms with van der Waals surface area (Å²) < 4.78 is 6.11. The molecule has 0 atom stereocenters. The van der Waals surface area contributed by atoms with Crippen LogP contribution in [0.2, 0.25) is 0 Å². The number of nitrogens with zero attached hydrogens (tertiary/aromatic N) is 2. The van der Waals surface area contributed by atoms with Crippen molar-refractivity contribution >= 4 is 27.7 Å². The van der Waals surface area contributed by atoms with Crippen molar-refractivity contribution in [3.63, 3.8) is 0 Å². The Balaban J connectivity index is 1.90. The summed E-state index contributed by atoms with van der Waals surface area (Å²) in [4.78, 5) is 2.34. The summed E-state index contributed by atoms with van der Waals surface area (Å²) >= 11 is 4.99. The number of furan rings is 1. The molecule has 17 heavy (non-hydrogen) atoms.